The Balaban J connectivity index is 2.15. The van der Waals surface area contributed by atoms with E-state index in [0.717, 1.165) is 25.0 Å². The van der Waals surface area contributed by atoms with Crippen LogP contribution in [0.1, 0.15) is 19.8 Å². The van der Waals surface area contributed by atoms with Gasteiger partial charge in [0.25, 0.3) is 0 Å². The molecule has 2 atom stereocenters. The van der Waals surface area contributed by atoms with Gasteiger partial charge in [-0.05, 0) is 25.7 Å². The molecule has 1 saturated heterocycles. The Bertz CT molecular complexity index is 650. The first-order valence-corrected chi connectivity index (χ1v) is 8.88. The topological polar surface area (TPSA) is 73.9 Å². The van der Waals surface area contributed by atoms with Gasteiger partial charge in [0.05, 0.1) is 20.3 Å². The van der Waals surface area contributed by atoms with E-state index < -0.39 is 20.7 Å². The molecule has 1 N–H and O–H groups in total. The van der Waals surface area contributed by atoms with E-state index >= 15 is 0 Å². The average Bonchev–Trinajstić information content (AvgIpc) is 2.52. The monoisotopic (exact) mass is 347 g/mol. The third kappa shape index (κ3) is 4.33. The first-order valence-electron chi connectivity index (χ1n) is 7.40. The smallest absolute Gasteiger partial charge is 0.243 e. The molecule has 0 aromatic heterocycles. The zero-order valence-corrected chi connectivity index (χ0v) is 14.3. The number of nitrogens with one attached hydrogen (secondary N) is 1. The molecule has 0 radical (unpaired) electrons. The van der Waals surface area contributed by atoms with Crippen molar-refractivity contribution in [3.05, 3.63) is 17.9 Å². The van der Waals surface area contributed by atoms with E-state index in [2.05, 4.69) is 4.72 Å². The fourth-order valence-corrected chi connectivity index (χ4v) is 3.81. The van der Waals surface area contributed by atoms with Gasteiger partial charge in [-0.3, -0.25) is 0 Å². The minimum Gasteiger partial charge on any atom is -0.493 e. The molecule has 0 spiro atoms. The number of benzene rings is 1. The number of rotatable bonds is 6. The van der Waals surface area contributed by atoms with Crippen molar-refractivity contribution in [2.24, 2.45) is 5.92 Å². The standard InChI is InChI=1S/C15H22FNO5S/c1-10-6-11(4-5-22-10)9-17-23(18,19)15-8-14(21-3)13(20-2)7-12(15)16/h7-8,10-11,17H,4-6,9H2,1-3H3. The predicted molar refractivity (Wildman–Crippen MR) is 82.8 cm³/mol. The second-order valence-electron chi connectivity index (χ2n) is 5.56. The summed E-state index contributed by atoms with van der Waals surface area (Å²) < 4.78 is 56.7. The first kappa shape index (κ1) is 18.0. The van der Waals surface area contributed by atoms with Crippen LogP contribution in [0.25, 0.3) is 0 Å². The highest BCUT2D eigenvalue weighted by molar-refractivity contribution is 7.89. The molecular weight excluding hydrogens is 325 g/mol. The maximum absolute atomic E-state index is 14.1. The lowest BCUT2D eigenvalue weighted by Crippen LogP contribution is -2.34. The van der Waals surface area contributed by atoms with Crippen molar-refractivity contribution in [3.63, 3.8) is 0 Å². The molecule has 2 unspecified atom stereocenters. The van der Waals surface area contributed by atoms with Crippen molar-refractivity contribution in [3.8, 4) is 11.5 Å². The van der Waals surface area contributed by atoms with Gasteiger partial charge in [-0.25, -0.2) is 17.5 Å². The predicted octanol–water partition coefficient (Wildman–Crippen LogP) is 1.94. The summed E-state index contributed by atoms with van der Waals surface area (Å²) >= 11 is 0. The number of hydrogen-bond donors (Lipinski definition) is 1. The van der Waals surface area contributed by atoms with Crippen molar-refractivity contribution in [1.29, 1.82) is 0 Å². The summed E-state index contributed by atoms with van der Waals surface area (Å²) in [5.41, 5.74) is 0. The number of halogens is 1. The van der Waals surface area contributed by atoms with Crippen molar-refractivity contribution in [1.82, 2.24) is 4.72 Å². The molecule has 2 rings (SSSR count). The van der Waals surface area contributed by atoms with Crippen molar-refractivity contribution >= 4 is 10.0 Å². The van der Waals surface area contributed by atoms with Gasteiger partial charge in [-0.1, -0.05) is 0 Å². The molecule has 0 amide bonds. The van der Waals surface area contributed by atoms with E-state index in [0.29, 0.717) is 6.61 Å². The molecule has 8 heteroatoms. The summed E-state index contributed by atoms with van der Waals surface area (Å²) in [6.07, 6.45) is 1.66. The number of ether oxygens (including phenoxy) is 3. The van der Waals surface area contributed by atoms with Gasteiger partial charge in [0, 0.05) is 25.3 Å². The lowest BCUT2D eigenvalue weighted by molar-refractivity contribution is 0.00397. The van der Waals surface area contributed by atoms with Gasteiger partial charge in [0.15, 0.2) is 11.5 Å². The van der Waals surface area contributed by atoms with Crippen LogP contribution in [-0.4, -0.2) is 41.9 Å². The molecule has 1 fully saturated rings. The Kier molecular flexibility index (Phi) is 5.83. The lowest BCUT2D eigenvalue weighted by atomic mass is 9.97. The molecule has 1 aliphatic rings. The van der Waals surface area contributed by atoms with Gasteiger partial charge in [-0.15, -0.1) is 0 Å². The first-order chi connectivity index (χ1) is 10.9. The highest BCUT2D eigenvalue weighted by Gasteiger charge is 2.25. The zero-order valence-electron chi connectivity index (χ0n) is 13.5. The molecule has 23 heavy (non-hydrogen) atoms. The van der Waals surface area contributed by atoms with Crippen molar-refractivity contribution < 1.29 is 27.0 Å². The van der Waals surface area contributed by atoms with E-state index in [1.807, 2.05) is 6.92 Å². The Morgan fingerprint density at radius 3 is 2.57 bits per heavy atom. The Labute approximate surface area is 136 Å². The Morgan fingerprint density at radius 2 is 1.96 bits per heavy atom. The largest absolute Gasteiger partial charge is 0.493 e. The van der Waals surface area contributed by atoms with Crippen LogP contribution < -0.4 is 14.2 Å². The number of sulfonamides is 1. The molecule has 0 bridgehead atoms. The van der Waals surface area contributed by atoms with Gasteiger partial charge in [0.1, 0.15) is 10.7 Å². The molecule has 1 heterocycles. The second-order valence-corrected chi connectivity index (χ2v) is 7.30. The quantitative estimate of drug-likeness (QED) is 0.851. The summed E-state index contributed by atoms with van der Waals surface area (Å²) in [5.74, 6) is -0.400. The lowest BCUT2D eigenvalue weighted by Gasteiger charge is -2.27. The van der Waals surface area contributed by atoms with E-state index in [9.17, 15) is 12.8 Å². The van der Waals surface area contributed by atoms with Crippen LogP contribution in [0.15, 0.2) is 17.0 Å². The normalized spacial score (nSPS) is 21.9. The maximum Gasteiger partial charge on any atom is 0.243 e. The van der Waals surface area contributed by atoms with Crippen LogP contribution in [0.5, 0.6) is 11.5 Å². The van der Waals surface area contributed by atoms with E-state index in [4.69, 9.17) is 14.2 Å². The second kappa shape index (κ2) is 7.46. The van der Waals surface area contributed by atoms with Gasteiger partial charge in [-0.2, -0.15) is 0 Å². The average molecular weight is 347 g/mol. The van der Waals surface area contributed by atoms with E-state index in [1.165, 1.54) is 14.2 Å². The van der Waals surface area contributed by atoms with Gasteiger partial charge < -0.3 is 14.2 Å². The van der Waals surface area contributed by atoms with Crippen LogP contribution >= 0.6 is 0 Å². The van der Waals surface area contributed by atoms with Gasteiger partial charge >= 0.3 is 0 Å². The van der Waals surface area contributed by atoms with Crippen molar-refractivity contribution in [2.45, 2.75) is 30.8 Å². The fourth-order valence-electron chi connectivity index (χ4n) is 2.62. The van der Waals surface area contributed by atoms with Crippen LogP contribution in [0.4, 0.5) is 4.39 Å². The minimum atomic E-state index is -3.97. The third-order valence-corrected chi connectivity index (χ3v) is 5.32. The van der Waals surface area contributed by atoms with Gasteiger partial charge in [0.2, 0.25) is 10.0 Å². The summed E-state index contributed by atoms with van der Waals surface area (Å²) in [6.45, 7) is 2.82. The van der Waals surface area contributed by atoms with Crippen LogP contribution in [0, 0.1) is 11.7 Å². The molecule has 130 valence electrons. The Hall–Kier alpha value is -1.38. The summed E-state index contributed by atoms with van der Waals surface area (Å²) in [5, 5.41) is 0. The van der Waals surface area contributed by atoms with Crippen molar-refractivity contribution in [2.75, 3.05) is 27.4 Å². The summed E-state index contributed by atoms with van der Waals surface area (Å²) in [7, 11) is -1.25. The maximum atomic E-state index is 14.1. The molecule has 0 saturated carbocycles. The van der Waals surface area contributed by atoms with E-state index in [1.54, 1.807) is 0 Å². The fraction of sp³-hybridized carbons (Fsp3) is 0.600. The zero-order chi connectivity index (χ0) is 17.0. The van der Waals surface area contributed by atoms with Crippen LogP contribution in [0.3, 0.4) is 0 Å². The van der Waals surface area contributed by atoms with E-state index in [-0.39, 0.29) is 30.1 Å². The van der Waals surface area contributed by atoms with Crippen LogP contribution in [-0.2, 0) is 14.8 Å². The molecule has 1 aromatic carbocycles. The molecule has 1 aliphatic heterocycles. The molecule has 1 aromatic rings. The minimum absolute atomic E-state index is 0.107. The molecule has 0 aliphatic carbocycles. The molecular formula is C15H22FNO5S. The SMILES string of the molecule is COc1cc(F)c(S(=O)(=O)NCC2CCOC(C)C2)cc1OC. The molecule has 6 nitrogen and oxygen atoms in total. The summed E-state index contributed by atoms with van der Waals surface area (Å²) in [4.78, 5) is -0.449. The highest BCUT2D eigenvalue weighted by atomic mass is 32.2. The Morgan fingerprint density at radius 1 is 1.30 bits per heavy atom. The highest BCUT2D eigenvalue weighted by Crippen LogP contribution is 2.32. The summed E-state index contributed by atoms with van der Waals surface area (Å²) in [6, 6.07) is 2.13. The van der Waals surface area contributed by atoms with Crippen LogP contribution in [0.2, 0.25) is 0 Å². The number of methoxy groups -OCH3 is 2. The third-order valence-electron chi connectivity index (χ3n) is 3.88. The number of hydrogen-bond acceptors (Lipinski definition) is 5.